The molecule has 1 N–H and O–H groups in total. The SMILES string of the molecule is CCN(C(C)C(=O)N1CCCCCC1)C(C)(C)C(=O)O. The quantitative estimate of drug-likeness (QED) is 0.838. The van der Waals surface area contributed by atoms with Crippen molar-refractivity contribution in [2.75, 3.05) is 19.6 Å². The van der Waals surface area contributed by atoms with E-state index in [4.69, 9.17) is 0 Å². The smallest absolute Gasteiger partial charge is 0.323 e. The summed E-state index contributed by atoms with van der Waals surface area (Å²) in [5.74, 6) is -0.835. The fourth-order valence-electron chi connectivity index (χ4n) is 2.96. The second kappa shape index (κ2) is 7.07. The van der Waals surface area contributed by atoms with E-state index in [0.717, 1.165) is 25.9 Å². The predicted molar refractivity (Wildman–Crippen MR) is 78.6 cm³/mol. The van der Waals surface area contributed by atoms with Crippen LogP contribution in [0.25, 0.3) is 0 Å². The summed E-state index contributed by atoms with van der Waals surface area (Å²) in [6.45, 7) is 9.18. The van der Waals surface area contributed by atoms with E-state index in [1.54, 1.807) is 18.7 Å². The van der Waals surface area contributed by atoms with Gasteiger partial charge in [0, 0.05) is 13.1 Å². The number of carbonyl (C=O) groups is 2. The van der Waals surface area contributed by atoms with Crippen molar-refractivity contribution in [1.29, 1.82) is 0 Å². The minimum Gasteiger partial charge on any atom is -0.480 e. The molecule has 1 fully saturated rings. The Labute approximate surface area is 121 Å². The molecule has 1 atom stereocenters. The van der Waals surface area contributed by atoms with Gasteiger partial charge in [-0.05, 0) is 40.2 Å². The van der Waals surface area contributed by atoms with Gasteiger partial charge in [0.1, 0.15) is 5.54 Å². The van der Waals surface area contributed by atoms with Crippen LogP contribution in [0.15, 0.2) is 0 Å². The van der Waals surface area contributed by atoms with Crippen LogP contribution in [0.5, 0.6) is 0 Å². The molecule has 1 heterocycles. The number of aliphatic carboxylic acids is 1. The first kappa shape index (κ1) is 17.0. The molecule has 0 bridgehead atoms. The topological polar surface area (TPSA) is 60.9 Å². The minimum absolute atomic E-state index is 0.0584. The van der Waals surface area contributed by atoms with E-state index in [1.807, 2.05) is 18.7 Å². The maximum Gasteiger partial charge on any atom is 0.323 e. The summed E-state index contributed by atoms with van der Waals surface area (Å²) in [5, 5.41) is 9.36. The van der Waals surface area contributed by atoms with Gasteiger partial charge in [0.05, 0.1) is 6.04 Å². The molecule has 0 aromatic rings. The van der Waals surface area contributed by atoms with E-state index in [-0.39, 0.29) is 5.91 Å². The average Bonchev–Trinajstić information content (AvgIpc) is 2.66. The highest BCUT2D eigenvalue weighted by Gasteiger charge is 2.39. The summed E-state index contributed by atoms with van der Waals surface area (Å²) >= 11 is 0. The van der Waals surface area contributed by atoms with Gasteiger partial charge in [-0.25, -0.2) is 0 Å². The standard InChI is InChI=1S/C15H28N2O3/c1-5-17(15(3,4)14(19)20)12(2)13(18)16-10-8-6-7-9-11-16/h12H,5-11H2,1-4H3,(H,19,20). The van der Waals surface area contributed by atoms with Crippen LogP contribution in [-0.4, -0.2) is 58.0 Å². The van der Waals surface area contributed by atoms with Gasteiger partial charge in [0.25, 0.3) is 0 Å². The first-order chi connectivity index (χ1) is 9.32. The molecule has 1 unspecified atom stereocenters. The zero-order valence-corrected chi connectivity index (χ0v) is 13.2. The molecule has 5 heteroatoms. The Hall–Kier alpha value is -1.10. The van der Waals surface area contributed by atoms with Crippen molar-refractivity contribution < 1.29 is 14.7 Å². The molecule has 0 radical (unpaired) electrons. The molecule has 1 rings (SSSR count). The zero-order chi connectivity index (χ0) is 15.3. The number of carboxylic acids is 1. The van der Waals surface area contributed by atoms with Crippen molar-refractivity contribution in [2.24, 2.45) is 0 Å². The first-order valence-electron chi connectivity index (χ1n) is 7.61. The van der Waals surface area contributed by atoms with E-state index < -0.39 is 17.6 Å². The van der Waals surface area contributed by atoms with E-state index in [0.29, 0.717) is 6.54 Å². The van der Waals surface area contributed by atoms with Crippen LogP contribution in [0.1, 0.15) is 53.4 Å². The molecular formula is C15H28N2O3. The predicted octanol–water partition coefficient (Wildman–Crippen LogP) is 1.96. The van der Waals surface area contributed by atoms with Gasteiger partial charge in [0.2, 0.25) is 5.91 Å². The molecule has 1 saturated heterocycles. The Morgan fingerprint density at radius 2 is 1.70 bits per heavy atom. The number of carbonyl (C=O) groups excluding carboxylic acids is 1. The molecule has 0 aromatic heterocycles. The average molecular weight is 284 g/mol. The fraction of sp³-hybridized carbons (Fsp3) is 0.867. The van der Waals surface area contributed by atoms with Gasteiger partial charge in [-0.2, -0.15) is 0 Å². The molecule has 116 valence electrons. The zero-order valence-electron chi connectivity index (χ0n) is 13.2. The van der Waals surface area contributed by atoms with Crippen molar-refractivity contribution in [3.63, 3.8) is 0 Å². The van der Waals surface area contributed by atoms with Crippen LogP contribution < -0.4 is 0 Å². The Kier molecular flexibility index (Phi) is 5.99. The monoisotopic (exact) mass is 284 g/mol. The molecule has 1 amide bonds. The lowest BCUT2D eigenvalue weighted by Crippen LogP contribution is -2.58. The molecule has 1 aliphatic rings. The van der Waals surface area contributed by atoms with Gasteiger partial charge in [-0.1, -0.05) is 19.8 Å². The van der Waals surface area contributed by atoms with Gasteiger partial charge >= 0.3 is 5.97 Å². The Morgan fingerprint density at radius 1 is 1.20 bits per heavy atom. The molecular weight excluding hydrogens is 256 g/mol. The number of likely N-dealkylation sites (tertiary alicyclic amines) is 1. The minimum atomic E-state index is -1.03. The Morgan fingerprint density at radius 3 is 2.10 bits per heavy atom. The summed E-state index contributed by atoms with van der Waals surface area (Å²) in [5.41, 5.74) is -1.03. The van der Waals surface area contributed by atoms with Crippen LogP contribution in [0.3, 0.4) is 0 Å². The van der Waals surface area contributed by atoms with E-state index >= 15 is 0 Å². The van der Waals surface area contributed by atoms with Crippen molar-refractivity contribution >= 4 is 11.9 Å². The highest BCUT2D eigenvalue weighted by atomic mass is 16.4. The van der Waals surface area contributed by atoms with Crippen LogP contribution in [0, 0.1) is 0 Å². The summed E-state index contributed by atoms with van der Waals surface area (Å²) in [4.78, 5) is 27.7. The number of amides is 1. The summed E-state index contributed by atoms with van der Waals surface area (Å²) in [6, 6.07) is -0.399. The Bertz CT molecular complexity index is 347. The maximum atomic E-state index is 12.6. The second-order valence-corrected chi connectivity index (χ2v) is 6.07. The molecule has 0 aliphatic carbocycles. The molecule has 5 nitrogen and oxygen atoms in total. The molecule has 0 spiro atoms. The fourth-order valence-corrected chi connectivity index (χ4v) is 2.96. The van der Waals surface area contributed by atoms with E-state index in [1.165, 1.54) is 12.8 Å². The highest BCUT2D eigenvalue weighted by Crippen LogP contribution is 2.20. The lowest BCUT2D eigenvalue weighted by Gasteiger charge is -2.39. The van der Waals surface area contributed by atoms with E-state index in [9.17, 15) is 14.7 Å². The van der Waals surface area contributed by atoms with Crippen LogP contribution in [0.4, 0.5) is 0 Å². The molecule has 0 aromatic carbocycles. The first-order valence-corrected chi connectivity index (χ1v) is 7.61. The summed E-state index contributed by atoms with van der Waals surface area (Å²) in [6.07, 6.45) is 4.45. The number of carboxylic acid groups (broad SMARTS) is 1. The van der Waals surface area contributed by atoms with Crippen molar-refractivity contribution in [3.05, 3.63) is 0 Å². The highest BCUT2D eigenvalue weighted by molar-refractivity contribution is 5.84. The normalized spacial score (nSPS) is 18.8. The Balaban J connectivity index is 2.81. The third-order valence-corrected chi connectivity index (χ3v) is 4.32. The van der Waals surface area contributed by atoms with Crippen molar-refractivity contribution in [2.45, 2.75) is 65.0 Å². The van der Waals surface area contributed by atoms with Gasteiger partial charge < -0.3 is 10.0 Å². The van der Waals surface area contributed by atoms with Gasteiger partial charge in [0.15, 0.2) is 0 Å². The number of hydrogen-bond donors (Lipinski definition) is 1. The van der Waals surface area contributed by atoms with Gasteiger partial charge in [-0.3, -0.25) is 14.5 Å². The summed E-state index contributed by atoms with van der Waals surface area (Å²) in [7, 11) is 0. The van der Waals surface area contributed by atoms with Crippen LogP contribution >= 0.6 is 0 Å². The second-order valence-electron chi connectivity index (χ2n) is 6.07. The van der Waals surface area contributed by atoms with Gasteiger partial charge in [-0.15, -0.1) is 0 Å². The maximum absolute atomic E-state index is 12.6. The molecule has 0 saturated carbocycles. The molecule has 1 aliphatic heterocycles. The number of rotatable bonds is 5. The van der Waals surface area contributed by atoms with Crippen LogP contribution in [-0.2, 0) is 9.59 Å². The number of nitrogens with zero attached hydrogens (tertiary/aromatic N) is 2. The third kappa shape index (κ3) is 3.72. The third-order valence-electron chi connectivity index (χ3n) is 4.32. The lowest BCUT2D eigenvalue weighted by atomic mass is 10.00. The number of hydrogen-bond acceptors (Lipinski definition) is 3. The lowest BCUT2D eigenvalue weighted by molar-refractivity contribution is -0.154. The van der Waals surface area contributed by atoms with Crippen molar-refractivity contribution in [1.82, 2.24) is 9.80 Å². The van der Waals surface area contributed by atoms with Crippen LogP contribution in [0.2, 0.25) is 0 Å². The summed E-state index contributed by atoms with van der Waals surface area (Å²) < 4.78 is 0. The number of likely N-dealkylation sites (N-methyl/N-ethyl adjacent to an activating group) is 1. The van der Waals surface area contributed by atoms with E-state index in [2.05, 4.69) is 0 Å². The largest absolute Gasteiger partial charge is 0.480 e. The van der Waals surface area contributed by atoms with Crippen molar-refractivity contribution in [3.8, 4) is 0 Å². The molecule has 20 heavy (non-hydrogen) atoms.